The minimum atomic E-state index is -3.63. The van der Waals surface area contributed by atoms with Crippen molar-refractivity contribution >= 4 is 41.0 Å². The number of piperidine rings is 2. The number of piperazine rings is 1. The Kier molecular flexibility index (Phi) is 5.38. The fraction of sp³-hybridized carbons (Fsp3) is 0.448. The summed E-state index contributed by atoms with van der Waals surface area (Å²) in [5, 5.41) is 1.93. The molecule has 4 aliphatic heterocycles. The lowest BCUT2D eigenvalue weighted by Crippen LogP contribution is -2.54. The van der Waals surface area contributed by atoms with Crippen LogP contribution in [0.15, 0.2) is 24.4 Å². The Morgan fingerprint density at radius 3 is 2.33 bits per heavy atom. The van der Waals surface area contributed by atoms with Crippen LogP contribution < -0.4 is 20.9 Å². The number of rotatable bonds is 6. The van der Waals surface area contributed by atoms with E-state index in [0.29, 0.717) is 36.6 Å². The Morgan fingerprint density at radius 2 is 1.70 bits per heavy atom. The second kappa shape index (κ2) is 11.3. The van der Waals surface area contributed by atoms with Gasteiger partial charge in [-0.05, 0) is 37.3 Å². The quantitative estimate of drug-likeness (QED) is 0.460. The first-order chi connectivity index (χ1) is 23.6. The van der Waals surface area contributed by atoms with Gasteiger partial charge in [0.05, 0.1) is 27.9 Å². The molecular formula is C29H31F2N7O5. The molecule has 226 valence electrons. The molecule has 4 aliphatic rings. The van der Waals surface area contributed by atoms with Crippen molar-refractivity contribution in [2.24, 2.45) is 11.7 Å². The molecule has 14 heteroatoms. The number of carbonyl (C=O) groups is 5. The van der Waals surface area contributed by atoms with Crippen LogP contribution in [0.25, 0.3) is 0 Å². The molecule has 1 unspecified atom stereocenters. The third-order valence-electron chi connectivity index (χ3n) is 7.83. The number of nitrogens with one attached hydrogen (secondary N) is 1. The van der Waals surface area contributed by atoms with E-state index in [1.165, 1.54) is 12.3 Å². The van der Waals surface area contributed by atoms with E-state index in [9.17, 15) is 24.0 Å². The van der Waals surface area contributed by atoms with Crippen LogP contribution in [0.5, 0.6) is 0 Å². The highest BCUT2D eigenvalue weighted by Gasteiger charge is 2.48. The van der Waals surface area contributed by atoms with Crippen molar-refractivity contribution in [1.82, 2.24) is 20.1 Å². The van der Waals surface area contributed by atoms with Gasteiger partial charge in [0, 0.05) is 69.8 Å². The van der Waals surface area contributed by atoms with Gasteiger partial charge >= 0.3 is 0 Å². The van der Waals surface area contributed by atoms with Crippen molar-refractivity contribution in [3.63, 3.8) is 0 Å². The summed E-state index contributed by atoms with van der Waals surface area (Å²) in [6.45, 7) is -13.9. The fourth-order valence-corrected chi connectivity index (χ4v) is 5.54. The molecule has 5 amide bonds. The predicted molar refractivity (Wildman–Crippen MR) is 149 cm³/mol. The molecule has 12 nitrogen and oxygen atoms in total. The number of pyridine rings is 1. The maximum absolute atomic E-state index is 16.4. The SMILES string of the molecule is [2H]C1([2H])N(CC2CCN(c3ccc(C(N)=O)cn3)CC2)C([2H])([2H])C([2H])([2H])N(c2cc(F)c3c(c2F)C(=O)N(C2CCC(=O)NC2=O)C3=O)C1([2H])[2H]. The number of nitrogens with two attached hydrogens (primary N) is 1. The molecule has 0 bridgehead atoms. The van der Waals surface area contributed by atoms with Crippen molar-refractivity contribution in [1.29, 1.82) is 0 Å². The number of amides is 5. The molecule has 43 heavy (non-hydrogen) atoms. The lowest BCUT2D eigenvalue weighted by Gasteiger charge is -2.40. The van der Waals surface area contributed by atoms with Crippen LogP contribution in [-0.2, 0) is 9.59 Å². The van der Waals surface area contributed by atoms with Crippen LogP contribution in [-0.4, -0.2) is 96.0 Å². The summed E-state index contributed by atoms with van der Waals surface area (Å²) in [4.78, 5) is 68.4. The Labute approximate surface area is 257 Å². The van der Waals surface area contributed by atoms with Gasteiger partial charge in [-0.2, -0.15) is 0 Å². The summed E-state index contributed by atoms with van der Waals surface area (Å²) < 4.78 is 102. The second-order valence-corrected chi connectivity index (χ2v) is 10.5. The molecule has 3 saturated heterocycles. The molecule has 0 saturated carbocycles. The summed E-state index contributed by atoms with van der Waals surface area (Å²) in [5.41, 5.74) is 1.68. The molecule has 2 aromatic rings. The maximum atomic E-state index is 16.4. The van der Waals surface area contributed by atoms with Gasteiger partial charge in [-0.25, -0.2) is 13.8 Å². The lowest BCUT2D eigenvalue weighted by atomic mass is 9.95. The number of hydrogen-bond donors (Lipinski definition) is 2. The van der Waals surface area contributed by atoms with Crippen molar-refractivity contribution in [3.05, 3.63) is 52.7 Å². The topological polar surface area (TPSA) is 149 Å². The number of nitrogens with zero attached hydrogens (tertiary/aromatic N) is 5. The van der Waals surface area contributed by atoms with E-state index in [4.69, 9.17) is 16.7 Å². The molecule has 1 aromatic heterocycles. The first-order valence-electron chi connectivity index (χ1n) is 17.5. The molecule has 1 aromatic carbocycles. The van der Waals surface area contributed by atoms with Gasteiger partial charge in [0.25, 0.3) is 11.8 Å². The third kappa shape index (κ3) is 5.31. The average molecular weight is 604 g/mol. The Bertz CT molecular complexity index is 1830. The Hall–Kier alpha value is -4.46. The van der Waals surface area contributed by atoms with Crippen molar-refractivity contribution < 1.29 is 43.7 Å². The van der Waals surface area contributed by atoms with Crippen LogP contribution in [0.4, 0.5) is 20.3 Å². The molecule has 0 aliphatic carbocycles. The number of primary amides is 1. The summed E-state index contributed by atoms with van der Waals surface area (Å²) in [6, 6.07) is 1.66. The molecule has 3 fully saturated rings. The zero-order valence-corrected chi connectivity index (χ0v) is 22.5. The Morgan fingerprint density at radius 1 is 1.00 bits per heavy atom. The Balaban J connectivity index is 1.30. The standard InChI is InChI=1S/C29H31F2N7O5/c30-18-13-20(25(31)24-23(18)28(42)38(29(24)43)19-2-4-22(39)34-27(19)41)36-11-9-35(10-12-36)15-16-5-7-37(8-6-16)21-3-1-17(14-33-21)26(32)40/h1,3,13-14,16,19H,2,4-12,15H2,(H2,32,40)(H,34,39,41)/i9D2,10D2,11D2,12D2. The van der Waals surface area contributed by atoms with E-state index < -0.39 is 102 Å². The molecule has 0 radical (unpaired) electrons. The monoisotopic (exact) mass is 603 g/mol. The van der Waals surface area contributed by atoms with Crippen molar-refractivity contribution in [3.8, 4) is 0 Å². The predicted octanol–water partition coefficient (Wildman–Crippen LogP) is 0.899. The van der Waals surface area contributed by atoms with E-state index in [1.807, 2.05) is 10.2 Å². The maximum Gasteiger partial charge on any atom is 0.265 e. The highest BCUT2D eigenvalue weighted by molar-refractivity contribution is 6.24. The van der Waals surface area contributed by atoms with Gasteiger partial charge in [0.1, 0.15) is 17.7 Å². The summed E-state index contributed by atoms with van der Waals surface area (Å²) in [6.07, 6.45) is 1.32. The minimum absolute atomic E-state index is 0.185. The number of fused-ring (bicyclic) bond motifs is 1. The van der Waals surface area contributed by atoms with Gasteiger partial charge in [0.2, 0.25) is 17.7 Å². The fourth-order valence-electron chi connectivity index (χ4n) is 5.54. The van der Waals surface area contributed by atoms with Gasteiger partial charge < -0.3 is 15.5 Å². The highest BCUT2D eigenvalue weighted by Crippen LogP contribution is 2.36. The number of aromatic nitrogens is 1. The highest BCUT2D eigenvalue weighted by atomic mass is 19.1. The molecule has 0 spiro atoms. The lowest BCUT2D eigenvalue weighted by molar-refractivity contribution is -0.136. The van der Waals surface area contributed by atoms with Crippen LogP contribution in [0, 0.1) is 17.6 Å². The molecule has 6 rings (SSSR count). The zero-order chi connectivity index (χ0) is 37.6. The van der Waals surface area contributed by atoms with Crippen LogP contribution in [0.3, 0.4) is 0 Å². The van der Waals surface area contributed by atoms with Gasteiger partial charge in [0.15, 0.2) is 5.82 Å². The van der Waals surface area contributed by atoms with E-state index in [0.717, 1.165) is 0 Å². The first kappa shape index (κ1) is 20.4. The summed E-state index contributed by atoms with van der Waals surface area (Å²) in [5.74, 6) is -8.81. The normalized spacial score (nSPS) is 29.3. The van der Waals surface area contributed by atoms with E-state index in [2.05, 4.69) is 4.98 Å². The number of hydrogen-bond acceptors (Lipinski definition) is 9. The zero-order valence-electron chi connectivity index (χ0n) is 30.5. The summed E-state index contributed by atoms with van der Waals surface area (Å²) >= 11 is 0. The average Bonchev–Trinajstić information content (AvgIpc) is 3.31. The van der Waals surface area contributed by atoms with E-state index in [1.54, 1.807) is 6.07 Å². The van der Waals surface area contributed by atoms with E-state index in [-0.39, 0.29) is 34.3 Å². The minimum Gasteiger partial charge on any atom is -0.366 e. The summed E-state index contributed by atoms with van der Waals surface area (Å²) in [7, 11) is 0. The van der Waals surface area contributed by atoms with Gasteiger partial charge in [-0.15, -0.1) is 0 Å². The van der Waals surface area contributed by atoms with Crippen molar-refractivity contribution in [2.45, 2.75) is 31.7 Å². The number of anilines is 2. The van der Waals surface area contributed by atoms with Crippen LogP contribution in [0.1, 0.15) is 67.7 Å². The molecule has 3 N–H and O–H groups in total. The number of benzene rings is 1. The largest absolute Gasteiger partial charge is 0.366 e. The number of imide groups is 2. The van der Waals surface area contributed by atoms with E-state index >= 15 is 8.78 Å². The first-order valence-corrected chi connectivity index (χ1v) is 13.5. The third-order valence-corrected chi connectivity index (χ3v) is 7.83. The molecular weight excluding hydrogens is 564 g/mol. The number of halogens is 2. The second-order valence-electron chi connectivity index (χ2n) is 10.5. The van der Waals surface area contributed by atoms with Gasteiger partial charge in [-0.1, -0.05) is 0 Å². The van der Waals surface area contributed by atoms with Crippen LogP contribution >= 0.6 is 0 Å². The number of carbonyl (C=O) groups excluding carboxylic acids is 5. The smallest absolute Gasteiger partial charge is 0.265 e. The molecule has 1 atom stereocenters. The van der Waals surface area contributed by atoms with Gasteiger partial charge in [-0.3, -0.25) is 39.1 Å². The van der Waals surface area contributed by atoms with Crippen LogP contribution in [0.2, 0.25) is 0 Å². The van der Waals surface area contributed by atoms with Crippen molar-refractivity contribution in [2.75, 3.05) is 55.4 Å². The molecule has 5 heterocycles.